The number of nitrogens with zero attached hydrogens (tertiary/aromatic N) is 4. The zero-order valence-electron chi connectivity index (χ0n) is 15.6. The molecule has 2 aromatic rings. The van der Waals surface area contributed by atoms with Crippen LogP contribution in [0.25, 0.3) is 0 Å². The Balaban J connectivity index is 1.78. The largest absolute Gasteiger partial charge is 0.381 e. The van der Waals surface area contributed by atoms with E-state index >= 15 is 0 Å². The van der Waals surface area contributed by atoms with Gasteiger partial charge in [0.2, 0.25) is 5.89 Å². The highest BCUT2D eigenvalue weighted by atomic mass is 16.5. The minimum Gasteiger partial charge on any atom is -0.381 e. The zero-order chi connectivity index (χ0) is 18.5. The number of aromatic nitrogens is 4. The molecule has 1 fully saturated rings. The predicted molar refractivity (Wildman–Crippen MR) is 94.7 cm³/mol. The molecule has 1 aliphatic heterocycles. The molecule has 3 rings (SSSR count). The zero-order valence-corrected chi connectivity index (χ0v) is 15.6. The lowest BCUT2D eigenvalue weighted by molar-refractivity contribution is 0.0467. The Hall–Kier alpha value is -2.22. The van der Waals surface area contributed by atoms with E-state index < -0.39 is 0 Å². The molecule has 1 aliphatic rings. The first-order chi connectivity index (χ1) is 12.6. The van der Waals surface area contributed by atoms with Crippen molar-refractivity contribution in [1.29, 1.82) is 0 Å². The van der Waals surface area contributed by atoms with Crippen LogP contribution in [0.3, 0.4) is 0 Å². The lowest BCUT2D eigenvalue weighted by Crippen LogP contribution is -2.36. The van der Waals surface area contributed by atoms with Crippen LogP contribution in [0.15, 0.2) is 16.9 Å². The van der Waals surface area contributed by atoms with Crippen molar-refractivity contribution in [3.63, 3.8) is 0 Å². The van der Waals surface area contributed by atoms with Crippen molar-refractivity contribution >= 4 is 5.91 Å². The Morgan fingerprint density at radius 2 is 2.15 bits per heavy atom. The molecule has 0 spiro atoms. The summed E-state index contributed by atoms with van der Waals surface area (Å²) in [5, 5.41) is 11.4. The molecule has 1 N–H and O–H groups in total. The maximum absolute atomic E-state index is 12.7. The number of carbonyl (C=O) groups excluding carboxylic acids is 1. The summed E-state index contributed by atoms with van der Waals surface area (Å²) in [5.41, 5.74) is 0.541. The van der Waals surface area contributed by atoms with Gasteiger partial charge in [-0.3, -0.25) is 9.48 Å². The molecule has 0 bridgehead atoms. The van der Waals surface area contributed by atoms with Crippen molar-refractivity contribution in [2.75, 3.05) is 13.2 Å². The number of hydrogen-bond donors (Lipinski definition) is 1. The Morgan fingerprint density at radius 1 is 1.38 bits per heavy atom. The first kappa shape index (κ1) is 18.6. The maximum Gasteiger partial charge on any atom is 0.255 e. The SMILES string of the molecule is CCCn1cc(C(=O)NC(c2nc(C(C)C)no2)C2CCOCC2)cn1. The fourth-order valence-electron chi connectivity index (χ4n) is 3.10. The molecule has 0 saturated carbocycles. The number of rotatable bonds is 7. The highest BCUT2D eigenvalue weighted by Crippen LogP contribution is 2.30. The molecular weight excluding hydrogens is 334 g/mol. The van der Waals surface area contributed by atoms with E-state index in [0.29, 0.717) is 30.5 Å². The first-order valence-electron chi connectivity index (χ1n) is 9.33. The van der Waals surface area contributed by atoms with E-state index in [2.05, 4.69) is 27.5 Å². The van der Waals surface area contributed by atoms with Crippen molar-refractivity contribution in [2.24, 2.45) is 5.92 Å². The summed E-state index contributed by atoms with van der Waals surface area (Å²) in [4.78, 5) is 17.3. The van der Waals surface area contributed by atoms with Gasteiger partial charge in [-0.25, -0.2) is 0 Å². The van der Waals surface area contributed by atoms with Crippen molar-refractivity contribution in [2.45, 2.75) is 58.5 Å². The van der Waals surface area contributed by atoms with E-state index in [1.54, 1.807) is 17.1 Å². The van der Waals surface area contributed by atoms with Gasteiger partial charge in [-0.05, 0) is 25.2 Å². The monoisotopic (exact) mass is 361 g/mol. The second-order valence-corrected chi connectivity index (χ2v) is 7.04. The third-order valence-electron chi connectivity index (χ3n) is 4.61. The lowest BCUT2D eigenvalue weighted by Gasteiger charge is -2.28. The van der Waals surface area contributed by atoms with E-state index in [1.807, 2.05) is 13.8 Å². The summed E-state index contributed by atoms with van der Waals surface area (Å²) >= 11 is 0. The quantitative estimate of drug-likeness (QED) is 0.815. The van der Waals surface area contributed by atoms with Crippen LogP contribution in [-0.2, 0) is 11.3 Å². The highest BCUT2D eigenvalue weighted by Gasteiger charge is 2.32. The van der Waals surface area contributed by atoms with Gasteiger partial charge in [0.1, 0.15) is 6.04 Å². The van der Waals surface area contributed by atoms with Crippen LogP contribution in [0.5, 0.6) is 0 Å². The van der Waals surface area contributed by atoms with E-state index in [4.69, 9.17) is 9.26 Å². The van der Waals surface area contributed by atoms with E-state index in [-0.39, 0.29) is 23.8 Å². The molecule has 142 valence electrons. The smallest absolute Gasteiger partial charge is 0.255 e. The second kappa shape index (κ2) is 8.44. The molecule has 26 heavy (non-hydrogen) atoms. The average molecular weight is 361 g/mol. The molecule has 3 heterocycles. The van der Waals surface area contributed by atoms with Crippen molar-refractivity contribution in [1.82, 2.24) is 25.2 Å². The van der Waals surface area contributed by atoms with Crippen molar-refractivity contribution in [3.8, 4) is 0 Å². The third-order valence-corrected chi connectivity index (χ3v) is 4.61. The minimum absolute atomic E-state index is 0.172. The topological polar surface area (TPSA) is 95.1 Å². The van der Waals surface area contributed by atoms with Gasteiger partial charge in [0.25, 0.3) is 5.91 Å². The van der Waals surface area contributed by atoms with Crippen LogP contribution >= 0.6 is 0 Å². The van der Waals surface area contributed by atoms with Gasteiger partial charge >= 0.3 is 0 Å². The van der Waals surface area contributed by atoms with Crippen LogP contribution in [0.1, 0.15) is 74.1 Å². The second-order valence-electron chi connectivity index (χ2n) is 7.04. The van der Waals surface area contributed by atoms with E-state index in [9.17, 15) is 4.79 Å². The number of aryl methyl sites for hydroxylation is 1. The maximum atomic E-state index is 12.7. The van der Waals surface area contributed by atoms with Gasteiger partial charge in [-0.15, -0.1) is 0 Å². The summed E-state index contributed by atoms with van der Waals surface area (Å²) in [6.45, 7) is 8.24. The van der Waals surface area contributed by atoms with Crippen LogP contribution in [0, 0.1) is 5.92 Å². The fraction of sp³-hybridized carbons (Fsp3) is 0.667. The van der Waals surface area contributed by atoms with Gasteiger partial charge in [0.05, 0.1) is 11.8 Å². The Labute approximate surface area is 153 Å². The molecular formula is C18H27N5O3. The number of nitrogens with one attached hydrogen (secondary N) is 1. The molecule has 1 atom stereocenters. The van der Waals surface area contributed by atoms with Crippen molar-refractivity contribution in [3.05, 3.63) is 29.7 Å². The number of ether oxygens (including phenoxy) is 1. The molecule has 0 aliphatic carbocycles. The first-order valence-corrected chi connectivity index (χ1v) is 9.33. The predicted octanol–water partition coefficient (Wildman–Crippen LogP) is 2.70. The average Bonchev–Trinajstić information content (AvgIpc) is 3.30. The summed E-state index contributed by atoms with van der Waals surface area (Å²) in [7, 11) is 0. The van der Waals surface area contributed by atoms with Crippen LogP contribution in [0.2, 0.25) is 0 Å². The third kappa shape index (κ3) is 4.30. The molecule has 0 radical (unpaired) electrons. The van der Waals surface area contributed by atoms with Gasteiger partial charge in [0, 0.05) is 31.9 Å². The molecule has 2 aromatic heterocycles. The number of hydrogen-bond acceptors (Lipinski definition) is 6. The Kier molecular flexibility index (Phi) is 6.03. The van der Waals surface area contributed by atoms with Gasteiger partial charge < -0.3 is 14.6 Å². The number of amides is 1. The van der Waals surface area contributed by atoms with Gasteiger partial charge in [-0.1, -0.05) is 25.9 Å². The summed E-state index contributed by atoms with van der Waals surface area (Å²) < 4.78 is 12.7. The Bertz CT molecular complexity index is 718. The summed E-state index contributed by atoms with van der Waals surface area (Å²) in [6, 6.07) is -0.319. The molecule has 8 heteroatoms. The molecule has 1 saturated heterocycles. The molecule has 0 aromatic carbocycles. The normalized spacial score (nSPS) is 16.8. The van der Waals surface area contributed by atoms with Crippen molar-refractivity contribution < 1.29 is 14.1 Å². The molecule has 1 amide bonds. The number of carbonyl (C=O) groups is 1. The standard InChI is InChI=1S/C18H27N5O3/c1-4-7-23-11-14(10-19-23)17(24)20-15(13-5-8-25-9-6-13)18-21-16(12(2)3)22-26-18/h10-13,15H,4-9H2,1-3H3,(H,20,24). The fourth-order valence-corrected chi connectivity index (χ4v) is 3.10. The minimum atomic E-state index is -0.319. The molecule has 1 unspecified atom stereocenters. The molecule has 8 nitrogen and oxygen atoms in total. The van der Waals surface area contributed by atoms with E-state index in [1.165, 1.54) is 0 Å². The summed E-state index contributed by atoms with van der Waals surface area (Å²) in [5.74, 6) is 1.33. The van der Waals surface area contributed by atoms with Crippen LogP contribution in [0.4, 0.5) is 0 Å². The van der Waals surface area contributed by atoms with Gasteiger partial charge in [0.15, 0.2) is 5.82 Å². The summed E-state index contributed by atoms with van der Waals surface area (Å²) in [6.07, 6.45) is 6.03. The van der Waals surface area contributed by atoms with Gasteiger partial charge in [-0.2, -0.15) is 10.1 Å². The van der Waals surface area contributed by atoms with E-state index in [0.717, 1.165) is 25.8 Å². The lowest BCUT2D eigenvalue weighted by atomic mass is 9.91. The Morgan fingerprint density at radius 3 is 2.81 bits per heavy atom. The van der Waals surface area contributed by atoms with Crippen LogP contribution in [-0.4, -0.2) is 39.0 Å². The highest BCUT2D eigenvalue weighted by molar-refractivity contribution is 5.93. The van der Waals surface area contributed by atoms with Crippen LogP contribution < -0.4 is 5.32 Å².